The number of methoxy groups -OCH3 is 1. The molecule has 0 spiro atoms. The second kappa shape index (κ2) is 3.46. The molecule has 3 heteroatoms. The zero-order valence-corrected chi connectivity index (χ0v) is 8.17. The molecule has 0 heterocycles. The molecule has 2 nitrogen and oxygen atoms in total. The van der Waals surface area contributed by atoms with Crippen LogP contribution in [0.15, 0.2) is 18.2 Å². The van der Waals surface area contributed by atoms with E-state index in [1.165, 1.54) is 0 Å². The Morgan fingerprint density at radius 1 is 1.31 bits per heavy atom. The molecule has 0 saturated heterocycles. The van der Waals surface area contributed by atoms with Crippen LogP contribution in [0.4, 0.5) is 0 Å². The summed E-state index contributed by atoms with van der Waals surface area (Å²) in [4.78, 5) is 0. The first-order chi connectivity index (χ1) is 6.29. The van der Waals surface area contributed by atoms with E-state index in [0.717, 1.165) is 18.6 Å². The molecule has 1 saturated carbocycles. The highest BCUT2D eigenvalue weighted by molar-refractivity contribution is 6.30. The number of halogens is 1. The zero-order chi connectivity index (χ0) is 9.26. The van der Waals surface area contributed by atoms with Gasteiger partial charge < -0.3 is 9.47 Å². The lowest BCUT2D eigenvalue weighted by molar-refractivity contribution is 0.282. The van der Waals surface area contributed by atoms with Gasteiger partial charge in [-0.2, -0.15) is 0 Å². The molecular weight excluding hydrogens is 188 g/mol. The Hall–Kier alpha value is -0.890. The Kier molecular flexibility index (Phi) is 2.32. The van der Waals surface area contributed by atoms with Crippen molar-refractivity contribution in [3.05, 3.63) is 23.2 Å². The van der Waals surface area contributed by atoms with E-state index in [9.17, 15) is 0 Å². The molecule has 0 amide bonds. The third-order valence-corrected chi connectivity index (χ3v) is 2.18. The minimum Gasteiger partial charge on any atom is -0.493 e. The van der Waals surface area contributed by atoms with Gasteiger partial charge in [0.15, 0.2) is 11.5 Å². The maximum atomic E-state index is 5.81. The smallest absolute Gasteiger partial charge is 0.162 e. The van der Waals surface area contributed by atoms with Crippen LogP contribution < -0.4 is 9.47 Å². The molecule has 1 aromatic rings. The van der Waals surface area contributed by atoms with Crippen molar-refractivity contribution >= 4 is 11.6 Å². The number of ether oxygens (including phenoxy) is 2. The summed E-state index contributed by atoms with van der Waals surface area (Å²) in [6.45, 7) is 0. The van der Waals surface area contributed by atoms with E-state index in [1.54, 1.807) is 13.2 Å². The predicted molar refractivity (Wildman–Crippen MR) is 51.7 cm³/mol. The van der Waals surface area contributed by atoms with Crippen LogP contribution in [0.5, 0.6) is 11.5 Å². The van der Waals surface area contributed by atoms with Crippen LogP contribution in [0.1, 0.15) is 12.8 Å². The topological polar surface area (TPSA) is 18.5 Å². The van der Waals surface area contributed by atoms with Crippen molar-refractivity contribution in [3.8, 4) is 11.5 Å². The summed E-state index contributed by atoms with van der Waals surface area (Å²) in [6, 6.07) is 5.42. The third-order valence-electron chi connectivity index (χ3n) is 1.94. The van der Waals surface area contributed by atoms with E-state index < -0.39 is 0 Å². The Morgan fingerprint density at radius 2 is 2.08 bits per heavy atom. The summed E-state index contributed by atoms with van der Waals surface area (Å²) >= 11 is 5.81. The van der Waals surface area contributed by atoms with Gasteiger partial charge in [-0.1, -0.05) is 11.6 Å². The highest BCUT2D eigenvalue weighted by Crippen LogP contribution is 2.34. The number of hydrogen-bond acceptors (Lipinski definition) is 2. The summed E-state index contributed by atoms with van der Waals surface area (Å²) in [6.07, 6.45) is 2.67. The maximum Gasteiger partial charge on any atom is 0.162 e. The Bertz CT molecular complexity index is 308. The Morgan fingerprint density at radius 3 is 2.69 bits per heavy atom. The molecule has 0 radical (unpaired) electrons. The van der Waals surface area contributed by atoms with Crippen molar-refractivity contribution in [1.82, 2.24) is 0 Å². The molecule has 0 unspecified atom stereocenters. The molecule has 0 aromatic heterocycles. The Labute approximate surface area is 82.4 Å². The summed E-state index contributed by atoms with van der Waals surface area (Å²) < 4.78 is 10.8. The van der Waals surface area contributed by atoms with E-state index in [-0.39, 0.29) is 0 Å². The normalized spacial score (nSPS) is 15.5. The first kappa shape index (κ1) is 8.70. The molecule has 1 fully saturated rings. The van der Waals surface area contributed by atoms with Crippen molar-refractivity contribution in [3.63, 3.8) is 0 Å². The fraction of sp³-hybridized carbons (Fsp3) is 0.400. The zero-order valence-electron chi connectivity index (χ0n) is 7.42. The highest BCUT2D eigenvalue weighted by atomic mass is 35.5. The molecule has 1 aliphatic carbocycles. The fourth-order valence-electron chi connectivity index (χ4n) is 1.10. The lowest BCUT2D eigenvalue weighted by atomic mass is 10.3. The second-order valence-electron chi connectivity index (χ2n) is 3.11. The molecule has 1 aromatic carbocycles. The predicted octanol–water partition coefficient (Wildman–Crippen LogP) is 2.89. The van der Waals surface area contributed by atoms with Crippen molar-refractivity contribution in [2.45, 2.75) is 18.9 Å². The van der Waals surface area contributed by atoms with Crippen LogP contribution in [0.3, 0.4) is 0 Å². The van der Waals surface area contributed by atoms with Gasteiger partial charge in [-0.15, -0.1) is 0 Å². The molecule has 13 heavy (non-hydrogen) atoms. The molecule has 0 aliphatic heterocycles. The van der Waals surface area contributed by atoms with Gasteiger partial charge >= 0.3 is 0 Å². The van der Waals surface area contributed by atoms with Gasteiger partial charge in [-0.05, 0) is 25.0 Å². The Balaban J connectivity index is 2.21. The van der Waals surface area contributed by atoms with E-state index in [4.69, 9.17) is 21.1 Å². The average Bonchev–Trinajstić information content (AvgIpc) is 2.92. The molecule has 0 N–H and O–H groups in total. The highest BCUT2D eigenvalue weighted by Gasteiger charge is 2.24. The van der Waals surface area contributed by atoms with Crippen LogP contribution in [-0.2, 0) is 0 Å². The quantitative estimate of drug-likeness (QED) is 0.744. The molecule has 70 valence electrons. The van der Waals surface area contributed by atoms with Crippen LogP contribution in [0.2, 0.25) is 5.02 Å². The SMILES string of the molecule is COc1cc(Cl)ccc1OC1CC1. The number of hydrogen-bond donors (Lipinski definition) is 0. The van der Waals surface area contributed by atoms with Crippen LogP contribution in [0, 0.1) is 0 Å². The van der Waals surface area contributed by atoms with Crippen LogP contribution >= 0.6 is 11.6 Å². The van der Waals surface area contributed by atoms with Gasteiger partial charge in [-0.3, -0.25) is 0 Å². The molecule has 1 aliphatic rings. The van der Waals surface area contributed by atoms with Gasteiger partial charge in [0.05, 0.1) is 13.2 Å². The standard InChI is InChI=1S/C10H11ClO2/c1-12-10-6-7(11)2-5-9(10)13-8-3-4-8/h2,5-6,8H,3-4H2,1H3. The van der Waals surface area contributed by atoms with Gasteiger partial charge in [-0.25, -0.2) is 0 Å². The molecular formula is C10H11ClO2. The van der Waals surface area contributed by atoms with Gasteiger partial charge in [0.1, 0.15) is 0 Å². The third kappa shape index (κ3) is 2.07. The lowest BCUT2D eigenvalue weighted by Gasteiger charge is -2.09. The molecule has 2 rings (SSSR count). The van der Waals surface area contributed by atoms with E-state index >= 15 is 0 Å². The molecule has 0 bridgehead atoms. The summed E-state index contributed by atoms with van der Waals surface area (Å²) in [5.41, 5.74) is 0. The summed E-state index contributed by atoms with van der Waals surface area (Å²) in [5.74, 6) is 1.49. The van der Waals surface area contributed by atoms with Gasteiger partial charge in [0.25, 0.3) is 0 Å². The summed E-state index contributed by atoms with van der Waals surface area (Å²) in [5, 5.41) is 0.667. The largest absolute Gasteiger partial charge is 0.493 e. The maximum absolute atomic E-state index is 5.81. The van der Waals surface area contributed by atoms with E-state index in [2.05, 4.69) is 0 Å². The monoisotopic (exact) mass is 198 g/mol. The van der Waals surface area contributed by atoms with E-state index in [0.29, 0.717) is 16.9 Å². The van der Waals surface area contributed by atoms with Crippen LogP contribution in [-0.4, -0.2) is 13.2 Å². The number of benzene rings is 1. The van der Waals surface area contributed by atoms with Crippen molar-refractivity contribution in [2.24, 2.45) is 0 Å². The first-order valence-corrected chi connectivity index (χ1v) is 4.67. The van der Waals surface area contributed by atoms with E-state index in [1.807, 2.05) is 12.1 Å². The van der Waals surface area contributed by atoms with Crippen molar-refractivity contribution in [1.29, 1.82) is 0 Å². The van der Waals surface area contributed by atoms with Crippen molar-refractivity contribution in [2.75, 3.05) is 7.11 Å². The molecule has 0 atom stereocenters. The second-order valence-corrected chi connectivity index (χ2v) is 3.55. The van der Waals surface area contributed by atoms with Gasteiger partial charge in [0, 0.05) is 11.1 Å². The van der Waals surface area contributed by atoms with Gasteiger partial charge in [0.2, 0.25) is 0 Å². The lowest BCUT2D eigenvalue weighted by Crippen LogP contribution is -1.98. The fourth-order valence-corrected chi connectivity index (χ4v) is 1.27. The van der Waals surface area contributed by atoms with Crippen molar-refractivity contribution < 1.29 is 9.47 Å². The van der Waals surface area contributed by atoms with Crippen LogP contribution in [0.25, 0.3) is 0 Å². The first-order valence-electron chi connectivity index (χ1n) is 4.30. The number of rotatable bonds is 3. The summed E-state index contributed by atoms with van der Waals surface area (Å²) in [7, 11) is 1.62. The average molecular weight is 199 g/mol. The minimum absolute atomic E-state index is 0.384. The minimum atomic E-state index is 0.384.